The Labute approximate surface area is 254 Å². The van der Waals surface area contributed by atoms with Crippen molar-refractivity contribution >= 4 is 33.7 Å². The molecule has 4 amide bonds. The summed E-state index contributed by atoms with van der Waals surface area (Å²) in [6.07, 6.45) is 4.23. The minimum absolute atomic E-state index is 0.223. The van der Waals surface area contributed by atoms with Crippen molar-refractivity contribution in [1.29, 1.82) is 0 Å². The molecule has 1 saturated heterocycles. The highest BCUT2D eigenvalue weighted by atomic mass is 32.2. The molecule has 5 rings (SSSR count). The van der Waals surface area contributed by atoms with E-state index in [0.29, 0.717) is 50.5 Å². The van der Waals surface area contributed by atoms with Gasteiger partial charge in [-0.1, -0.05) is 37.1 Å². The monoisotopic (exact) mass is 638 g/mol. The molecular weight excluding hydrogens is 601 g/mol. The van der Waals surface area contributed by atoms with Crippen molar-refractivity contribution in [2.24, 2.45) is 5.92 Å². The molecule has 0 bridgehead atoms. The summed E-state index contributed by atoms with van der Waals surface area (Å²) in [4.78, 5) is 55.0. The van der Waals surface area contributed by atoms with E-state index in [9.17, 15) is 40.8 Å². The van der Waals surface area contributed by atoms with Crippen LogP contribution in [-0.4, -0.2) is 66.4 Å². The number of halogens is 3. The van der Waals surface area contributed by atoms with Crippen molar-refractivity contribution in [1.82, 2.24) is 20.3 Å². The lowest BCUT2D eigenvalue weighted by atomic mass is 10.0. The molecule has 4 atom stereocenters. The van der Waals surface area contributed by atoms with Gasteiger partial charge in [0.25, 0.3) is 5.91 Å². The molecule has 2 aliphatic heterocycles. The molecule has 0 spiro atoms. The first kappa shape index (κ1) is 32.0. The predicted octanol–water partition coefficient (Wildman–Crippen LogP) is 2.73. The van der Waals surface area contributed by atoms with Crippen LogP contribution >= 0.6 is 0 Å². The Bertz CT molecular complexity index is 1430. The molecule has 2 saturated carbocycles. The molecule has 3 N–H and O–H groups in total. The second-order valence-electron chi connectivity index (χ2n) is 12.2. The highest BCUT2D eigenvalue weighted by Gasteiger charge is 2.61. The maximum absolute atomic E-state index is 13.8. The molecule has 10 nitrogen and oxygen atoms in total. The Morgan fingerprint density at radius 3 is 2.41 bits per heavy atom. The van der Waals surface area contributed by atoms with Gasteiger partial charge in [0.2, 0.25) is 27.7 Å². The summed E-state index contributed by atoms with van der Waals surface area (Å²) in [5.41, 5.74) is -1.90. The molecule has 2 heterocycles. The van der Waals surface area contributed by atoms with Crippen LogP contribution < -0.4 is 15.4 Å². The van der Waals surface area contributed by atoms with Gasteiger partial charge in [0.15, 0.2) is 0 Å². The van der Waals surface area contributed by atoms with Gasteiger partial charge in [-0.25, -0.2) is 8.42 Å². The fourth-order valence-electron chi connectivity index (χ4n) is 6.02. The summed E-state index contributed by atoms with van der Waals surface area (Å²) >= 11 is 0. The molecule has 1 aromatic rings. The molecule has 0 radical (unpaired) electrons. The predicted molar refractivity (Wildman–Crippen MR) is 153 cm³/mol. The molecule has 240 valence electrons. The maximum atomic E-state index is 13.8. The Kier molecular flexibility index (Phi) is 9.11. The van der Waals surface area contributed by atoms with Crippen molar-refractivity contribution in [2.75, 3.05) is 6.54 Å². The van der Waals surface area contributed by atoms with E-state index in [1.165, 1.54) is 17.0 Å². The van der Waals surface area contributed by atoms with Crippen LogP contribution in [0.25, 0.3) is 0 Å². The van der Waals surface area contributed by atoms with Gasteiger partial charge >= 0.3 is 6.18 Å². The first-order valence-corrected chi connectivity index (χ1v) is 16.7. The van der Waals surface area contributed by atoms with Gasteiger partial charge in [-0.3, -0.25) is 23.9 Å². The van der Waals surface area contributed by atoms with Crippen molar-refractivity contribution in [3.8, 4) is 0 Å². The van der Waals surface area contributed by atoms with Gasteiger partial charge in [-0.15, -0.1) is 0 Å². The Morgan fingerprint density at radius 1 is 1.00 bits per heavy atom. The van der Waals surface area contributed by atoms with Gasteiger partial charge in [0, 0.05) is 12.5 Å². The van der Waals surface area contributed by atoms with E-state index in [0.717, 1.165) is 25.0 Å². The molecule has 1 aromatic carbocycles. The van der Waals surface area contributed by atoms with Crippen LogP contribution in [0.5, 0.6) is 0 Å². The molecule has 14 heteroatoms. The number of sulfonamides is 1. The first-order valence-electron chi connectivity index (χ1n) is 15.1. The summed E-state index contributed by atoms with van der Waals surface area (Å²) in [6, 6.07) is 2.40. The number of hydrogen-bond donors (Lipinski definition) is 3. The highest BCUT2D eigenvalue weighted by molar-refractivity contribution is 7.91. The second-order valence-corrected chi connectivity index (χ2v) is 14.2. The summed E-state index contributed by atoms with van der Waals surface area (Å²) in [5.74, 6) is -2.69. The van der Waals surface area contributed by atoms with Gasteiger partial charge < -0.3 is 15.5 Å². The Morgan fingerprint density at radius 2 is 1.73 bits per heavy atom. The number of nitrogens with zero attached hydrogens (tertiary/aromatic N) is 1. The standard InChI is InChI=1S/C30H37F3N4O6S/c31-30(32,33)20-12-10-19(11-13-20)17-25(38)34-23-8-5-3-1-2-4-7-21-18-29(21,28(41)36-44(42,43)22-14-15-22)35-26(39)24-9-6-16-37(24)27(23)40/h4,7,10-13,21-24H,1-3,5-6,8-9,14-18H2,(H,34,38)(H,35,39)(H,36,41)/b7-4-/t21-,23+,24?,29-/m1/s1. The van der Waals surface area contributed by atoms with E-state index in [4.69, 9.17) is 0 Å². The van der Waals surface area contributed by atoms with Gasteiger partial charge in [0.1, 0.15) is 17.6 Å². The third-order valence-electron chi connectivity index (χ3n) is 8.81. The minimum atomic E-state index is -4.50. The number of hydrogen-bond acceptors (Lipinski definition) is 6. The average molecular weight is 639 g/mol. The van der Waals surface area contributed by atoms with E-state index < -0.39 is 68.3 Å². The van der Waals surface area contributed by atoms with Crippen molar-refractivity contribution in [3.05, 3.63) is 47.5 Å². The fourth-order valence-corrected chi connectivity index (χ4v) is 7.38. The van der Waals surface area contributed by atoms with Crippen LogP contribution in [0, 0.1) is 5.92 Å². The maximum Gasteiger partial charge on any atom is 0.416 e. The number of nitrogens with one attached hydrogen (secondary N) is 3. The topological polar surface area (TPSA) is 142 Å². The molecule has 0 aromatic heterocycles. The van der Waals surface area contributed by atoms with E-state index in [-0.39, 0.29) is 25.3 Å². The number of allylic oxidation sites excluding steroid dienone is 1. The number of rotatable bonds is 6. The van der Waals surface area contributed by atoms with Crippen LogP contribution in [0.4, 0.5) is 13.2 Å². The SMILES string of the molecule is O=C(Cc1ccc(C(F)(F)F)cc1)N[C@H]1CCCCC/C=C\[C@@H]2C[C@@]2(C(=O)NS(=O)(=O)C2CC2)NC(=O)C2CCCN2C1=O. The summed E-state index contributed by atoms with van der Waals surface area (Å²) in [7, 11) is -3.84. The lowest BCUT2D eigenvalue weighted by Crippen LogP contribution is -2.58. The third kappa shape index (κ3) is 7.27. The van der Waals surface area contributed by atoms with Crippen LogP contribution in [-0.2, 0) is 41.8 Å². The Balaban J connectivity index is 1.30. The smallest absolute Gasteiger partial charge is 0.344 e. The zero-order chi connectivity index (χ0) is 31.7. The molecular formula is C30H37F3N4O6S. The lowest BCUT2D eigenvalue weighted by molar-refractivity contribution is -0.142. The van der Waals surface area contributed by atoms with Crippen LogP contribution in [0.15, 0.2) is 36.4 Å². The minimum Gasteiger partial charge on any atom is -0.344 e. The zero-order valence-corrected chi connectivity index (χ0v) is 25.0. The highest BCUT2D eigenvalue weighted by Crippen LogP contribution is 2.46. The molecule has 1 unspecified atom stereocenters. The number of fused-ring (bicyclic) bond motifs is 2. The van der Waals surface area contributed by atoms with E-state index in [1.54, 1.807) is 0 Å². The normalized spacial score (nSPS) is 28.9. The number of carbonyl (C=O) groups is 4. The third-order valence-corrected chi connectivity index (χ3v) is 10.6. The van der Waals surface area contributed by atoms with Crippen LogP contribution in [0.3, 0.4) is 0 Å². The molecule has 44 heavy (non-hydrogen) atoms. The van der Waals surface area contributed by atoms with E-state index >= 15 is 0 Å². The summed E-state index contributed by atoms with van der Waals surface area (Å²) in [5, 5.41) is 4.92. The fraction of sp³-hybridized carbons (Fsp3) is 0.600. The van der Waals surface area contributed by atoms with Gasteiger partial charge in [-0.2, -0.15) is 13.2 Å². The number of amides is 4. The first-order chi connectivity index (χ1) is 20.8. The van der Waals surface area contributed by atoms with Crippen molar-refractivity contribution in [3.63, 3.8) is 0 Å². The number of carbonyl (C=O) groups excluding carboxylic acids is 4. The van der Waals surface area contributed by atoms with Gasteiger partial charge in [-0.05, 0) is 69.1 Å². The van der Waals surface area contributed by atoms with Gasteiger partial charge in [0.05, 0.1) is 17.2 Å². The van der Waals surface area contributed by atoms with Crippen molar-refractivity contribution < 1.29 is 40.8 Å². The molecule has 4 aliphatic rings. The van der Waals surface area contributed by atoms with Crippen LogP contribution in [0.2, 0.25) is 0 Å². The van der Waals surface area contributed by atoms with E-state index in [2.05, 4.69) is 15.4 Å². The summed E-state index contributed by atoms with van der Waals surface area (Å²) < 4.78 is 65.9. The quantitative estimate of drug-likeness (QED) is 0.410. The average Bonchev–Trinajstić information content (AvgIpc) is 3.87. The largest absolute Gasteiger partial charge is 0.416 e. The second kappa shape index (κ2) is 12.5. The Hall–Kier alpha value is -3.42. The summed E-state index contributed by atoms with van der Waals surface area (Å²) in [6.45, 7) is 0.265. The number of alkyl halides is 3. The number of benzene rings is 1. The van der Waals surface area contributed by atoms with Crippen LogP contribution in [0.1, 0.15) is 75.3 Å². The molecule has 3 fully saturated rings. The zero-order valence-electron chi connectivity index (χ0n) is 24.2. The molecule has 2 aliphatic carbocycles. The van der Waals surface area contributed by atoms with E-state index in [1.807, 2.05) is 12.2 Å². The van der Waals surface area contributed by atoms with Crippen molar-refractivity contribution in [2.45, 2.75) is 99.7 Å². The lowest BCUT2D eigenvalue weighted by Gasteiger charge is -2.30.